The topological polar surface area (TPSA) is 61.4 Å². The van der Waals surface area contributed by atoms with Crippen LogP contribution in [0.1, 0.15) is 5.56 Å². The second-order valence-electron chi connectivity index (χ2n) is 5.58. The van der Waals surface area contributed by atoms with Gasteiger partial charge in [0.1, 0.15) is 6.04 Å². The maximum Gasteiger partial charge on any atom is 0.238 e. The van der Waals surface area contributed by atoms with Crippen molar-refractivity contribution in [3.8, 4) is 0 Å². The van der Waals surface area contributed by atoms with Gasteiger partial charge in [0.15, 0.2) is 0 Å². The highest BCUT2D eigenvalue weighted by atomic mass is 16.2. The van der Waals surface area contributed by atoms with E-state index < -0.39 is 0 Å². The van der Waals surface area contributed by atoms with Gasteiger partial charge < -0.3 is 10.2 Å². The third kappa shape index (κ3) is 3.65. The molecule has 1 aromatic heterocycles. The SMILES string of the molecule is CNC(=O)[C@@H]1CN(c2ncccn2)CCN1Cc1ccccc1. The van der Waals surface area contributed by atoms with Gasteiger partial charge in [-0.05, 0) is 11.6 Å². The minimum atomic E-state index is -0.210. The Hall–Kier alpha value is -2.47. The number of likely N-dealkylation sites (N-methyl/N-ethyl adjacent to an activating group) is 1. The molecule has 120 valence electrons. The second kappa shape index (κ2) is 7.19. The Balaban J connectivity index is 1.75. The lowest BCUT2D eigenvalue weighted by atomic mass is 10.1. The molecule has 1 aromatic carbocycles. The summed E-state index contributed by atoms with van der Waals surface area (Å²) in [6, 6.07) is 11.8. The normalized spacial score (nSPS) is 18.7. The average Bonchev–Trinajstić information content (AvgIpc) is 2.63. The first-order valence-electron chi connectivity index (χ1n) is 7.79. The highest BCUT2D eigenvalue weighted by Gasteiger charge is 2.32. The fraction of sp³-hybridized carbons (Fsp3) is 0.353. The van der Waals surface area contributed by atoms with Crippen molar-refractivity contribution in [3.05, 3.63) is 54.4 Å². The fourth-order valence-electron chi connectivity index (χ4n) is 2.88. The molecule has 1 atom stereocenters. The number of hydrogen-bond donors (Lipinski definition) is 1. The van der Waals surface area contributed by atoms with Crippen LogP contribution in [0.25, 0.3) is 0 Å². The number of anilines is 1. The zero-order chi connectivity index (χ0) is 16.1. The molecule has 0 unspecified atom stereocenters. The van der Waals surface area contributed by atoms with Gasteiger partial charge in [0.2, 0.25) is 11.9 Å². The average molecular weight is 311 g/mol. The van der Waals surface area contributed by atoms with Crippen molar-refractivity contribution in [2.75, 3.05) is 31.6 Å². The van der Waals surface area contributed by atoms with Gasteiger partial charge in [-0.2, -0.15) is 0 Å². The van der Waals surface area contributed by atoms with Crippen molar-refractivity contribution in [3.63, 3.8) is 0 Å². The van der Waals surface area contributed by atoms with E-state index in [1.54, 1.807) is 25.5 Å². The zero-order valence-corrected chi connectivity index (χ0v) is 13.2. The number of amides is 1. The number of nitrogens with zero attached hydrogens (tertiary/aromatic N) is 4. The van der Waals surface area contributed by atoms with E-state index in [1.165, 1.54) is 5.56 Å². The Labute approximate surface area is 136 Å². The minimum Gasteiger partial charge on any atom is -0.358 e. The lowest BCUT2D eigenvalue weighted by Crippen LogP contribution is -2.58. The molecule has 0 aliphatic carbocycles. The van der Waals surface area contributed by atoms with Gasteiger partial charge >= 0.3 is 0 Å². The van der Waals surface area contributed by atoms with Crippen LogP contribution in [-0.2, 0) is 11.3 Å². The Morgan fingerprint density at radius 3 is 2.61 bits per heavy atom. The van der Waals surface area contributed by atoms with Crippen molar-refractivity contribution in [1.29, 1.82) is 0 Å². The number of hydrogen-bond acceptors (Lipinski definition) is 5. The number of piperazine rings is 1. The van der Waals surface area contributed by atoms with Crippen molar-refractivity contribution in [2.45, 2.75) is 12.6 Å². The standard InChI is InChI=1S/C17H21N5O/c1-18-16(23)15-13-22(17-19-8-5-9-20-17)11-10-21(15)12-14-6-3-2-4-7-14/h2-9,15H,10-13H2,1H3,(H,18,23)/t15-/m0/s1. The molecular weight excluding hydrogens is 290 g/mol. The summed E-state index contributed by atoms with van der Waals surface area (Å²) >= 11 is 0. The first-order chi connectivity index (χ1) is 11.3. The van der Waals surface area contributed by atoms with Gasteiger partial charge in [0.25, 0.3) is 0 Å². The zero-order valence-electron chi connectivity index (χ0n) is 13.2. The second-order valence-corrected chi connectivity index (χ2v) is 5.58. The number of benzene rings is 1. The van der Waals surface area contributed by atoms with E-state index in [0.717, 1.165) is 19.6 Å². The van der Waals surface area contributed by atoms with Crippen LogP contribution < -0.4 is 10.2 Å². The molecule has 0 spiro atoms. The molecule has 1 aliphatic rings. The summed E-state index contributed by atoms with van der Waals surface area (Å²) in [6.07, 6.45) is 3.46. The first kappa shape index (κ1) is 15.4. The number of rotatable bonds is 4. The third-order valence-electron chi connectivity index (χ3n) is 4.10. The highest BCUT2D eigenvalue weighted by molar-refractivity contribution is 5.82. The van der Waals surface area contributed by atoms with Crippen molar-refractivity contribution in [1.82, 2.24) is 20.2 Å². The summed E-state index contributed by atoms with van der Waals surface area (Å²) in [4.78, 5) is 25.2. The summed E-state index contributed by atoms with van der Waals surface area (Å²) in [5.74, 6) is 0.710. The molecule has 6 heteroatoms. The van der Waals surface area contributed by atoms with Crippen LogP contribution in [0.15, 0.2) is 48.8 Å². The molecule has 3 rings (SSSR count). The van der Waals surface area contributed by atoms with Crippen LogP contribution >= 0.6 is 0 Å². The predicted molar refractivity (Wildman–Crippen MR) is 89.0 cm³/mol. The van der Waals surface area contributed by atoms with Crippen molar-refractivity contribution >= 4 is 11.9 Å². The fourth-order valence-corrected chi connectivity index (χ4v) is 2.88. The Morgan fingerprint density at radius 1 is 1.17 bits per heavy atom. The van der Waals surface area contributed by atoms with E-state index in [0.29, 0.717) is 12.5 Å². The van der Waals surface area contributed by atoms with E-state index in [9.17, 15) is 4.79 Å². The van der Waals surface area contributed by atoms with Crippen LogP contribution in [0.5, 0.6) is 0 Å². The number of nitrogens with one attached hydrogen (secondary N) is 1. The highest BCUT2D eigenvalue weighted by Crippen LogP contribution is 2.17. The van der Waals surface area contributed by atoms with E-state index in [1.807, 2.05) is 18.2 Å². The van der Waals surface area contributed by atoms with E-state index >= 15 is 0 Å². The van der Waals surface area contributed by atoms with Crippen LogP contribution in [-0.4, -0.2) is 53.5 Å². The van der Waals surface area contributed by atoms with Gasteiger partial charge in [0.05, 0.1) is 0 Å². The molecule has 0 bridgehead atoms. The molecule has 0 radical (unpaired) electrons. The number of carbonyl (C=O) groups is 1. The molecule has 0 saturated carbocycles. The number of carbonyl (C=O) groups excluding carboxylic acids is 1. The van der Waals surface area contributed by atoms with Gasteiger partial charge in [-0.25, -0.2) is 9.97 Å². The molecule has 1 aliphatic heterocycles. The van der Waals surface area contributed by atoms with E-state index in [2.05, 4.69) is 37.2 Å². The van der Waals surface area contributed by atoms with Gasteiger partial charge in [-0.1, -0.05) is 30.3 Å². The smallest absolute Gasteiger partial charge is 0.238 e. The van der Waals surface area contributed by atoms with Gasteiger partial charge in [-0.15, -0.1) is 0 Å². The van der Waals surface area contributed by atoms with Gasteiger partial charge in [0, 0.05) is 45.6 Å². The Kier molecular flexibility index (Phi) is 4.83. The Morgan fingerprint density at radius 2 is 1.91 bits per heavy atom. The molecule has 23 heavy (non-hydrogen) atoms. The van der Waals surface area contributed by atoms with Crippen LogP contribution in [0.4, 0.5) is 5.95 Å². The molecule has 1 amide bonds. The molecular formula is C17H21N5O. The van der Waals surface area contributed by atoms with Crippen LogP contribution in [0.3, 0.4) is 0 Å². The molecule has 1 N–H and O–H groups in total. The largest absolute Gasteiger partial charge is 0.358 e. The van der Waals surface area contributed by atoms with Crippen LogP contribution in [0, 0.1) is 0 Å². The summed E-state index contributed by atoms with van der Waals surface area (Å²) in [6.45, 7) is 2.97. The molecule has 1 saturated heterocycles. The summed E-state index contributed by atoms with van der Waals surface area (Å²) in [5, 5.41) is 2.77. The summed E-state index contributed by atoms with van der Waals surface area (Å²) < 4.78 is 0. The molecule has 2 aromatic rings. The van der Waals surface area contributed by atoms with Crippen molar-refractivity contribution < 1.29 is 4.79 Å². The minimum absolute atomic E-state index is 0.0292. The maximum atomic E-state index is 12.3. The van der Waals surface area contributed by atoms with E-state index in [4.69, 9.17) is 0 Å². The summed E-state index contributed by atoms with van der Waals surface area (Å²) in [5.41, 5.74) is 1.21. The quantitative estimate of drug-likeness (QED) is 0.909. The monoisotopic (exact) mass is 311 g/mol. The lowest BCUT2D eigenvalue weighted by Gasteiger charge is -2.40. The molecule has 2 heterocycles. The predicted octanol–water partition coefficient (Wildman–Crippen LogP) is 0.913. The number of aromatic nitrogens is 2. The molecule has 1 fully saturated rings. The van der Waals surface area contributed by atoms with Gasteiger partial charge in [-0.3, -0.25) is 9.69 Å². The van der Waals surface area contributed by atoms with Crippen molar-refractivity contribution in [2.24, 2.45) is 0 Å². The Bertz CT molecular complexity index is 634. The maximum absolute atomic E-state index is 12.3. The molecule has 6 nitrogen and oxygen atoms in total. The first-order valence-corrected chi connectivity index (χ1v) is 7.79. The van der Waals surface area contributed by atoms with E-state index in [-0.39, 0.29) is 11.9 Å². The van der Waals surface area contributed by atoms with Crippen LogP contribution in [0.2, 0.25) is 0 Å². The third-order valence-corrected chi connectivity index (χ3v) is 4.10. The lowest BCUT2D eigenvalue weighted by molar-refractivity contribution is -0.126. The summed E-state index contributed by atoms with van der Waals surface area (Å²) in [7, 11) is 1.68.